The molecule has 0 radical (unpaired) electrons. The van der Waals surface area contributed by atoms with Gasteiger partial charge in [0.05, 0.1) is 0 Å². The van der Waals surface area contributed by atoms with Gasteiger partial charge in [0.25, 0.3) is 0 Å². The van der Waals surface area contributed by atoms with Crippen molar-refractivity contribution in [3.63, 3.8) is 0 Å². The van der Waals surface area contributed by atoms with Gasteiger partial charge in [-0.05, 0) is 37.8 Å². The fourth-order valence-electron chi connectivity index (χ4n) is 2.45. The molecule has 0 bridgehead atoms. The highest BCUT2D eigenvalue weighted by molar-refractivity contribution is 5.90. The highest BCUT2D eigenvalue weighted by atomic mass is 16.1. The van der Waals surface area contributed by atoms with Crippen molar-refractivity contribution in [3.05, 3.63) is 24.3 Å². The second-order valence-corrected chi connectivity index (χ2v) is 5.64. The molecule has 2 heteroatoms. The summed E-state index contributed by atoms with van der Waals surface area (Å²) in [5.41, 5.74) is 0. The SMILES string of the molecule is O=C1/C=C\CC/C=C/C(=O)CCCCCCCCCC1. The second kappa shape index (κ2) is 11.6. The summed E-state index contributed by atoms with van der Waals surface area (Å²) in [6, 6.07) is 0. The molecule has 0 heterocycles. The van der Waals surface area contributed by atoms with E-state index in [-0.39, 0.29) is 11.6 Å². The molecule has 1 aliphatic carbocycles. The number of ketones is 2. The maximum Gasteiger partial charge on any atom is 0.155 e. The molecule has 0 amide bonds. The van der Waals surface area contributed by atoms with E-state index in [9.17, 15) is 9.59 Å². The Hall–Kier alpha value is -1.18. The fraction of sp³-hybridized carbons (Fsp3) is 0.667. The summed E-state index contributed by atoms with van der Waals surface area (Å²) < 4.78 is 0. The average Bonchev–Trinajstić information content (AvgIpc) is 2.43. The van der Waals surface area contributed by atoms with Crippen molar-refractivity contribution < 1.29 is 9.59 Å². The zero-order valence-corrected chi connectivity index (χ0v) is 12.6. The van der Waals surface area contributed by atoms with Crippen LogP contribution in [0.4, 0.5) is 0 Å². The first kappa shape index (κ1) is 16.9. The summed E-state index contributed by atoms with van der Waals surface area (Å²) in [6.07, 6.45) is 19.7. The van der Waals surface area contributed by atoms with Crippen LogP contribution < -0.4 is 0 Å². The normalized spacial score (nSPS) is 24.6. The molecule has 0 atom stereocenters. The van der Waals surface area contributed by atoms with E-state index in [0.29, 0.717) is 12.8 Å². The predicted molar refractivity (Wildman–Crippen MR) is 83.7 cm³/mol. The summed E-state index contributed by atoms with van der Waals surface area (Å²) in [5.74, 6) is 0.484. The van der Waals surface area contributed by atoms with Gasteiger partial charge in [-0.15, -0.1) is 0 Å². The van der Waals surface area contributed by atoms with E-state index in [2.05, 4.69) is 0 Å². The zero-order chi connectivity index (χ0) is 14.5. The lowest BCUT2D eigenvalue weighted by atomic mass is 10.0. The zero-order valence-electron chi connectivity index (χ0n) is 12.6. The van der Waals surface area contributed by atoms with Gasteiger partial charge < -0.3 is 0 Å². The van der Waals surface area contributed by atoms with Crippen LogP contribution in [0.15, 0.2) is 24.3 Å². The van der Waals surface area contributed by atoms with Crippen molar-refractivity contribution in [3.8, 4) is 0 Å². The van der Waals surface area contributed by atoms with E-state index in [1.807, 2.05) is 12.2 Å². The number of allylic oxidation sites excluding steroid dienone is 4. The lowest BCUT2D eigenvalue weighted by Crippen LogP contribution is -1.94. The Bertz CT molecular complexity index is 305. The molecule has 20 heavy (non-hydrogen) atoms. The second-order valence-electron chi connectivity index (χ2n) is 5.64. The Labute approximate surface area is 123 Å². The first-order chi connectivity index (χ1) is 9.79. The van der Waals surface area contributed by atoms with Crippen LogP contribution in [-0.4, -0.2) is 11.6 Å². The van der Waals surface area contributed by atoms with Crippen LogP contribution in [0.25, 0.3) is 0 Å². The predicted octanol–water partition coefficient (Wildman–Crippen LogP) is 4.93. The molecule has 0 aromatic heterocycles. The standard InChI is InChI=1S/C18H28O2/c19-17-13-9-5-3-1-2-4-6-10-14-18(20)16-12-8-7-11-15-17/h11-12,15-16H,1-10,13-14H2/b15-11-,16-12+. The van der Waals surface area contributed by atoms with Crippen LogP contribution in [0.3, 0.4) is 0 Å². The third kappa shape index (κ3) is 9.71. The summed E-state index contributed by atoms with van der Waals surface area (Å²) in [7, 11) is 0. The monoisotopic (exact) mass is 276 g/mol. The molecule has 0 saturated carbocycles. The molecular formula is C18H28O2. The van der Waals surface area contributed by atoms with E-state index in [4.69, 9.17) is 0 Å². The van der Waals surface area contributed by atoms with Gasteiger partial charge in [0.2, 0.25) is 0 Å². The number of hydrogen-bond donors (Lipinski definition) is 0. The Balaban J connectivity index is 2.34. The maximum absolute atomic E-state index is 11.6. The fourth-order valence-corrected chi connectivity index (χ4v) is 2.45. The maximum atomic E-state index is 11.6. The largest absolute Gasteiger partial charge is 0.295 e. The quantitative estimate of drug-likeness (QED) is 0.628. The smallest absolute Gasteiger partial charge is 0.155 e. The van der Waals surface area contributed by atoms with Crippen molar-refractivity contribution in [2.75, 3.05) is 0 Å². The van der Waals surface area contributed by atoms with Gasteiger partial charge in [-0.1, -0.05) is 50.7 Å². The van der Waals surface area contributed by atoms with Crippen molar-refractivity contribution >= 4 is 11.6 Å². The van der Waals surface area contributed by atoms with Crippen LogP contribution in [0, 0.1) is 0 Å². The number of rotatable bonds is 0. The van der Waals surface area contributed by atoms with Gasteiger partial charge in [-0.25, -0.2) is 0 Å². The Morgan fingerprint density at radius 2 is 0.900 bits per heavy atom. The third-order valence-electron chi connectivity index (χ3n) is 3.70. The van der Waals surface area contributed by atoms with Gasteiger partial charge in [0, 0.05) is 12.8 Å². The molecule has 112 valence electrons. The highest BCUT2D eigenvalue weighted by Crippen LogP contribution is 2.11. The number of hydrogen-bond acceptors (Lipinski definition) is 2. The molecule has 1 rings (SSSR count). The van der Waals surface area contributed by atoms with E-state index >= 15 is 0 Å². The number of carbonyl (C=O) groups excluding carboxylic acids is 2. The summed E-state index contributed by atoms with van der Waals surface area (Å²) in [6.45, 7) is 0. The molecular weight excluding hydrogens is 248 g/mol. The molecule has 0 fully saturated rings. The summed E-state index contributed by atoms with van der Waals surface area (Å²) in [5, 5.41) is 0. The minimum atomic E-state index is 0.242. The Morgan fingerprint density at radius 3 is 1.30 bits per heavy atom. The molecule has 1 aliphatic rings. The van der Waals surface area contributed by atoms with Crippen molar-refractivity contribution in [2.45, 2.75) is 77.0 Å². The molecule has 0 aliphatic heterocycles. The minimum Gasteiger partial charge on any atom is -0.295 e. The first-order valence-electron chi connectivity index (χ1n) is 8.18. The molecule has 0 aromatic rings. The van der Waals surface area contributed by atoms with E-state index < -0.39 is 0 Å². The minimum absolute atomic E-state index is 0.242. The third-order valence-corrected chi connectivity index (χ3v) is 3.70. The van der Waals surface area contributed by atoms with Crippen molar-refractivity contribution in [1.82, 2.24) is 0 Å². The van der Waals surface area contributed by atoms with E-state index in [1.165, 1.54) is 38.5 Å². The lowest BCUT2D eigenvalue weighted by Gasteiger charge is -2.02. The van der Waals surface area contributed by atoms with Crippen molar-refractivity contribution in [2.24, 2.45) is 0 Å². The van der Waals surface area contributed by atoms with Gasteiger partial charge >= 0.3 is 0 Å². The van der Waals surface area contributed by atoms with Crippen LogP contribution >= 0.6 is 0 Å². The highest BCUT2D eigenvalue weighted by Gasteiger charge is 1.99. The van der Waals surface area contributed by atoms with Gasteiger partial charge in [-0.2, -0.15) is 0 Å². The van der Waals surface area contributed by atoms with Crippen LogP contribution in [0.2, 0.25) is 0 Å². The first-order valence-corrected chi connectivity index (χ1v) is 8.18. The Morgan fingerprint density at radius 1 is 0.550 bits per heavy atom. The van der Waals surface area contributed by atoms with Gasteiger partial charge in [0.1, 0.15) is 0 Å². The lowest BCUT2D eigenvalue weighted by molar-refractivity contribution is -0.115. The summed E-state index contributed by atoms with van der Waals surface area (Å²) in [4.78, 5) is 23.1. The van der Waals surface area contributed by atoms with Crippen LogP contribution in [-0.2, 0) is 9.59 Å². The van der Waals surface area contributed by atoms with E-state index in [1.54, 1.807) is 12.2 Å². The molecule has 0 N–H and O–H groups in total. The molecule has 2 nitrogen and oxygen atoms in total. The Kier molecular flexibility index (Phi) is 9.81. The molecule has 0 spiro atoms. The topological polar surface area (TPSA) is 34.1 Å². The summed E-state index contributed by atoms with van der Waals surface area (Å²) >= 11 is 0. The van der Waals surface area contributed by atoms with Crippen molar-refractivity contribution in [1.29, 1.82) is 0 Å². The molecule has 0 unspecified atom stereocenters. The van der Waals surface area contributed by atoms with E-state index in [0.717, 1.165) is 25.7 Å². The van der Waals surface area contributed by atoms with Gasteiger partial charge in [0.15, 0.2) is 11.6 Å². The molecule has 0 aromatic carbocycles. The average molecular weight is 276 g/mol. The number of carbonyl (C=O) groups is 2. The van der Waals surface area contributed by atoms with Crippen LogP contribution in [0.1, 0.15) is 77.0 Å². The van der Waals surface area contributed by atoms with Crippen LogP contribution in [0.5, 0.6) is 0 Å². The molecule has 0 saturated heterocycles. The van der Waals surface area contributed by atoms with Gasteiger partial charge in [-0.3, -0.25) is 9.59 Å².